The molecule has 1 saturated heterocycles. The summed E-state index contributed by atoms with van der Waals surface area (Å²) < 4.78 is 18.4. The summed E-state index contributed by atoms with van der Waals surface area (Å²) in [5.41, 5.74) is 6.05. The van der Waals surface area contributed by atoms with Crippen LogP contribution in [0.3, 0.4) is 0 Å². The van der Waals surface area contributed by atoms with Crippen LogP contribution in [-0.2, 0) is 4.74 Å². The minimum atomic E-state index is -0.458. The number of piperidine rings is 1. The van der Waals surface area contributed by atoms with Gasteiger partial charge in [0.2, 0.25) is 0 Å². The standard InChI is InChI=1S/C14H18ClFN2O2/c1-20-11-4-5-18(10(7-11)8-17)14(19)12-3-2-9(16)6-13(12)15/h2-3,6,10-11H,4-5,7-8,17H2,1H3. The molecule has 0 bridgehead atoms. The topological polar surface area (TPSA) is 55.6 Å². The molecule has 20 heavy (non-hydrogen) atoms. The van der Waals surface area contributed by atoms with Crippen LogP contribution in [0.5, 0.6) is 0 Å². The number of nitrogens with zero attached hydrogens (tertiary/aromatic N) is 1. The lowest BCUT2D eigenvalue weighted by atomic mass is 9.98. The molecule has 1 aromatic rings. The molecule has 1 aliphatic rings. The fourth-order valence-electron chi connectivity index (χ4n) is 2.54. The van der Waals surface area contributed by atoms with E-state index in [9.17, 15) is 9.18 Å². The number of nitrogens with two attached hydrogens (primary N) is 1. The first-order valence-electron chi connectivity index (χ1n) is 6.55. The number of ether oxygens (including phenoxy) is 1. The van der Waals surface area contributed by atoms with Crippen LogP contribution >= 0.6 is 11.6 Å². The van der Waals surface area contributed by atoms with Crippen LogP contribution in [0.4, 0.5) is 4.39 Å². The van der Waals surface area contributed by atoms with E-state index in [2.05, 4.69) is 0 Å². The van der Waals surface area contributed by atoms with E-state index in [1.807, 2.05) is 0 Å². The van der Waals surface area contributed by atoms with Crippen LogP contribution in [-0.4, -0.2) is 43.2 Å². The Morgan fingerprint density at radius 2 is 2.35 bits per heavy atom. The van der Waals surface area contributed by atoms with Gasteiger partial charge in [-0.15, -0.1) is 0 Å². The molecule has 1 aromatic carbocycles. The zero-order valence-electron chi connectivity index (χ0n) is 11.3. The lowest BCUT2D eigenvalue weighted by Gasteiger charge is -2.38. The highest BCUT2D eigenvalue weighted by molar-refractivity contribution is 6.33. The van der Waals surface area contributed by atoms with Crippen LogP contribution in [0.1, 0.15) is 23.2 Å². The number of hydrogen-bond acceptors (Lipinski definition) is 3. The van der Waals surface area contributed by atoms with Crippen LogP contribution in [0.2, 0.25) is 5.02 Å². The molecule has 0 radical (unpaired) electrons. The highest BCUT2D eigenvalue weighted by Gasteiger charge is 2.32. The number of rotatable bonds is 3. The first-order chi connectivity index (χ1) is 9.56. The fourth-order valence-corrected chi connectivity index (χ4v) is 2.78. The van der Waals surface area contributed by atoms with Gasteiger partial charge in [-0.25, -0.2) is 4.39 Å². The molecule has 0 spiro atoms. The number of carbonyl (C=O) groups is 1. The van der Waals surface area contributed by atoms with Crippen LogP contribution in [0.15, 0.2) is 18.2 Å². The van der Waals surface area contributed by atoms with Gasteiger partial charge in [0, 0.05) is 26.2 Å². The fraction of sp³-hybridized carbons (Fsp3) is 0.500. The van der Waals surface area contributed by atoms with E-state index < -0.39 is 5.82 Å². The number of methoxy groups -OCH3 is 1. The third kappa shape index (κ3) is 3.11. The molecule has 2 unspecified atom stereocenters. The molecule has 1 heterocycles. The molecule has 1 amide bonds. The Balaban J connectivity index is 2.19. The van der Waals surface area contributed by atoms with E-state index in [0.717, 1.165) is 12.5 Å². The van der Waals surface area contributed by atoms with Crippen molar-refractivity contribution in [3.63, 3.8) is 0 Å². The molecule has 0 aromatic heterocycles. The second kappa shape index (κ2) is 6.52. The van der Waals surface area contributed by atoms with E-state index in [1.165, 1.54) is 12.1 Å². The van der Waals surface area contributed by atoms with E-state index in [-0.39, 0.29) is 23.1 Å². The van der Waals surface area contributed by atoms with Crippen LogP contribution in [0, 0.1) is 5.82 Å². The Bertz CT molecular complexity index is 498. The Morgan fingerprint density at radius 1 is 1.60 bits per heavy atom. The number of likely N-dealkylation sites (tertiary alicyclic amines) is 1. The zero-order chi connectivity index (χ0) is 14.7. The molecule has 110 valence electrons. The first kappa shape index (κ1) is 15.2. The molecule has 1 aliphatic heterocycles. The van der Waals surface area contributed by atoms with Gasteiger partial charge in [0.25, 0.3) is 5.91 Å². The number of carbonyl (C=O) groups excluding carboxylic acids is 1. The van der Waals surface area contributed by atoms with Crippen molar-refractivity contribution in [2.45, 2.75) is 25.0 Å². The number of benzene rings is 1. The second-order valence-electron chi connectivity index (χ2n) is 4.89. The molecule has 2 rings (SSSR count). The Morgan fingerprint density at radius 3 is 2.95 bits per heavy atom. The number of amides is 1. The summed E-state index contributed by atoms with van der Waals surface area (Å²) in [7, 11) is 1.66. The third-order valence-electron chi connectivity index (χ3n) is 3.70. The SMILES string of the molecule is COC1CCN(C(=O)c2ccc(F)cc2Cl)C(CN)C1. The van der Waals surface area contributed by atoms with E-state index >= 15 is 0 Å². The van der Waals surface area contributed by atoms with Crippen molar-refractivity contribution >= 4 is 17.5 Å². The van der Waals surface area contributed by atoms with Crippen molar-refractivity contribution in [1.82, 2.24) is 4.90 Å². The lowest BCUT2D eigenvalue weighted by Crippen LogP contribution is -2.51. The molecule has 1 fully saturated rings. The van der Waals surface area contributed by atoms with Gasteiger partial charge < -0.3 is 15.4 Å². The molecular formula is C14H18ClFN2O2. The molecule has 0 aliphatic carbocycles. The van der Waals surface area contributed by atoms with Crippen molar-refractivity contribution in [2.24, 2.45) is 5.73 Å². The maximum absolute atomic E-state index is 13.0. The van der Waals surface area contributed by atoms with E-state index in [1.54, 1.807) is 12.0 Å². The van der Waals surface area contributed by atoms with E-state index in [4.69, 9.17) is 22.1 Å². The minimum Gasteiger partial charge on any atom is -0.381 e. The van der Waals surface area contributed by atoms with Crippen molar-refractivity contribution in [3.8, 4) is 0 Å². The van der Waals surface area contributed by atoms with Crippen molar-refractivity contribution < 1.29 is 13.9 Å². The van der Waals surface area contributed by atoms with Crippen LogP contribution in [0.25, 0.3) is 0 Å². The van der Waals surface area contributed by atoms with Crippen LogP contribution < -0.4 is 5.73 Å². The normalized spacial score (nSPS) is 22.9. The van der Waals surface area contributed by atoms with Gasteiger partial charge in [-0.05, 0) is 31.0 Å². The summed E-state index contributed by atoms with van der Waals surface area (Å²) in [5, 5.41) is 0.125. The highest BCUT2D eigenvalue weighted by Crippen LogP contribution is 2.24. The number of halogens is 2. The predicted molar refractivity (Wildman–Crippen MR) is 75.3 cm³/mol. The minimum absolute atomic E-state index is 0.0812. The van der Waals surface area contributed by atoms with Gasteiger partial charge in [-0.3, -0.25) is 4.79 Å². The quantitative estimate of drug-likeness (QED) is 0.929. The summed E-state index contributed by atoms with van der Waals surface area (Å²) in [6, 6.07) is 3.71. The highest BCUT2D eigenvalue weighted by atomic mass is 35.5. The van der Waals surface area contributed by atoms with Gasteiger partial charge in [0.15, 0.2) is 0 Å². The van der Waals surface area contributed by atoms with E-state index in [0.29, 0.717) is 25.1 Å². The largest absolute Gasteiger partial charge is 0.381 e. The molecule has 2 atom stereocenters. The third-order valence-corrected chi connectivity index (χ3v) is 4.01. The van der Waals surface area contributed by atoms with Gasteiger partial charge in [-0.2, -0.15) is 0 Å². The predicted octanol–water partition coefficient (Wildman–Crippen LogP) is 2.06. The molecule has 6 heteroatoms. The maximum atomic E-state index is 13.0. The van der Waals surface area contributed by atoms with Gasteiger partial charge in [-0.1, -0.05) is 11.6 Å². The molecule has 4 nitrogen and oxygen atoms in total. The Kier molecular flexibility index (Phi) is 4.96. The van der Waals surface area contributed by atoms with Crippen molar-refractivity contribution in [2.75, 3.05) is 20.2 Å². The second-order valence-corrected chi connectivity index (χ2v) is 5.30. The van der Waals surface area contributed by atoms with Gasteiger partial charge >= 0.3 is 0 Å². The summed E-state index contributed by atoms with van der Waals surface area (Å²) in [6.07, 6.45) is 1.59. The van der Waals surface area contributed by atoms with Gasteiger partial charge in [0.05, 0.1) is 16.7 Å². The lowest BCUT2D eigenvalue weighted by molar-refractivity contribution is 0.0139. The maximum Gasteiger partial charge on any atom is 0.255 e. The van der Waals surface area contributed by atoms with Crippen molar-refractivity contribution in [1.29, 1.82) is 0 Å². The summed E-state index contributed by atoms with van der Waals surface area (Å²) >= 11 is 5.95. The summed E-state index contributed by atoms with van der Waals surface area (Å²) in [5.74, 6) is -0.667. The molecule has 0 saturated carbocycles. The zero-order valence-corrected chi connectivity index (χ0v) is 12.1. The average molecular weight is 301 g/mol. The van der Waals surface area contributed by atoms with Crippen molar-refractivity contribution in [3.05, 3.63) is 34.6 Å². The summed E-state index contributed by atoms with van der Waals surface area (Å²) in [4.78, 5) is 14.2. The smallest absolute Gasteiger partial charge is 0.255 e. The first-order valence-corrected chi connectivity index (χ1v) is 6.93. The summed E-state index contributed by atoms with van der Waals surface area (Å²) in [6.45, 7) is 0.928. The van der Waals surface area contributed by atoms with Gasteiger partial charge in [0.1, 0.15) is 5.82 Å². The monoisotopic (exact) mass is 300 g/mol. The molecule has 2 N–H and O–H groups in total. The Labute approximate surface area is 122 Å². The Hall–Kier alpha value is -1.17. The number of hydrogen-bond donors (Lipinski definition) is 1. The molecular weight excluding hydrogens is 283 g/mol. The average Bonchev–Trinajstić information content (AvgIpc) is 2.46.